The molecule has 1 aromatic carbocycles. The summed E-state index contributed by atoms with van der Waals surface area (Å²) in [4.78, 5) is 11.4. The second-order valence-corrected chi connectivity index (χ2v) is 15.5. The van der Waals surface area contributed by atoms with Gasteiger partial charge >= 0.3 is 38.3 Å². The fraction of sp³-hybridized carbons (Fsp3) is 0.679. The molecule has 1 radical (unpaired) electrons. The first-order valence-electron chi connectivity index (χ1n) is 13.1. The van der Waals surface area contributed by atoms with Crippen molar-refractivity contribution in [3.05, 3.63) is 47.2 Å². The molecule has 0 spiro atoms. The molecule has 1 aliphatic heterocycles. The third kappa shape index (κ3) is 17.7. The van der Waals surface area contributed by atoms with Crippen molar-refractivity contribution < 1.29 is 49.3 Å². The van der Waals surface area contributed by atoms with E-state index in [0.29, 0.717) is 5.92 Å². The standard InChI is InChI=1S/C16H24NSi.2C5H10.C2HF3O2.Zr/c1-14-10-17(11-15-8-6-5-7-9-15)12-16(14)13-18(2,3)4;2*1-2-4-5-3-1;3-2(4,5)1(6)7;/h5-9,14H,10-12H2,1-4H3;2*1-5H2;(H,6,7);/q-1;;;;+3. The van der Waals surface area contributed by atoms with E-state index in [-0.39, 0.29) is 26.2 Å². The van der Waals surface area contributed by atoms with Gasteiger partial charge in [-0.1, -0.05) is 121 Å². The van der Waals surface area contributed by atoms with E-state index in [1.807, 2.05) is 0 Å². The number of halogens is 3. The predicted octanol–water partition coefficient (Wildman–Crippen LogP) is 8.28. The maximum Gasteiger partial charge on any atom is 3.00 e. The van der Waals surface area contributed by atoms with Gasteiger partial charge in [0, 0.05) is 13.1 Å². The van der Waals surface area contributed by atoms with Gasteiger partial charge in [0.15, 0.2) is 0 Å². The topological polar surface area (TPSA) is 40.5 Å². The van der Waals surface area contributed by atoms with E-state index in [1.54, 1.807) is 5.57 Å². The van der Waals surface area contributed by atoms with E-state index in [2.05, 4.69) is 67.5 Å². The zero-order chi connectivity index (χ0) is 26.3. The first-order valence-corrected chi connectivity index (χ1v) is 16.6. The second kappa shape index (κ2) is 18.5. The average molecular weight is 604 g/mol. The molecule has 1 N–H and O–H groups in total. The molecule has 3 nitrogen and oxygen atoms in total. The first kappa shape index (κ1) is 35.3. The van der Waals surface area contributed by atoms with Crippen LogP contribution < -0.4 is 0 Å². The van der Waals surface area contributed by atoms with Crippen LogP contribution in [0.1, 0.15) is 76.7 Å². The molecule has 3 aliphatic rings. The summed E-state index contributed by atoms with van der Waals surface area (Å²) in [5, 5.41) is 7.12. The Bertz CT molecular complexity index is 718. The summed E-state index contributed by atoms with van der Waals surface area (Å²) in [5.41, 5.74) is 6.76. The number of hydrogen-bond acceptors (Lipinski definition) is 2. The molecule has 1 unspecified atom stereocenters. The van der Waals surface area contributed by atoms with Crippen LogP contribution in [0, 0.1) is 11.6 Å². The zero-order valence-corrected chi connectivity index (χ0v) is 26.1. The fourth-order valence-corrected chi connectivity index (χ4v) is 5.62. The fourth-order valence-electron chi connectivity index (χ4n) is 4.33. The summed E-state index contributed by atoms with van der Waals surface area (Å²) >= 11 is 0. The Morgan fingerprint density at radius 2 is 1.33 bits per heavy atom. The van der Waals surface area contributed by atoms with Crippen molar-refractivity contribution in [2.45, 2.75) is 103 Å². The Hall–Kier alpha value is -0.720. The molecule has 2 aliphatic carbocycles. The van der Waals surface area contributed by atoms with Crippen molar-refractivity contribution in [3.8, 4) is 0 Å². The number of nitrogens with zero attached hydrogens (tertiary/aromatic N) is 1. The molecule has 1 atom stereocenters. The first-order chi connectivity index (χ1) is 16.4. The molecule has 0 amide bonds. The van der Waals surface area contributed by atoms with Gasteiger partial charge in [0.25, 0.3) is 0 Å². The molecular weight excluding hydrogens is 559 g/mol. The van der Waals surface area contributed by atoms with Crippen LogP contribution in [-0.4, -0.2) is 43.3 Å². The van der Waals surface area contributed by atoms with Crippen LogP contribution >= 0.6 is 0 Å². The Morgan fingerprint density at radius 1 is 0.944 bits per heavy atom. The summed E-state index contributed by atoms with van der Waals surface area (Å²) in [6, 6.07) is 10.8. The van der Waals surface area contributed by atoms with Gasteiger partial charge in [-0.25, -0.2) is 10.4 Å². The van der Waals surface area contributed by atoms with Crippen LogP contribution in [0.25, 0.3) is 0 Å². The van der Waals surface area contributed by atoms with Gasteiger partial charge in [-0.3, -0.25) is 4.90 Å². The number of carboxylic acid groups (broad SMARTS) is 1. The van der Waals surface area contributed by atoms with E-state index in [1.165, 1.54) is 76.3 Å². The van der Waals surface area contributed by atoms with Crippen molar-refractivity contribution in [3.63, 3.8) is 0 Å². The molecule has 36 heavy (non-hydrogen) atoms. The number of aliphatic carboxylic acids is 1. The van der Waals surface area contributed by atoms with Crippen molar-refractivity contribution in [2.75, 3.05) is 13.1 Å². The molecule has 201 valence electrons. The predicted molar refractivity (Wildman–Crippen MR) is 141 cm³/mol. The van der Waals surface area contributed by atoms with Crippen LogP contribution in [0.4, 0.5) is 13.2 Å². The monoisotopic (exact) mass is 602 g/mol. The molecule has 4 rings (SSSR count). The SMILES string of the molecule is C1CCCC1.C1CCCC1.CC1CN(Cc2ccccc2)CC1=[C-][Si](C)(C)C.O=C(O)C(F)(F)F.[Zr+3]. The summed E-state index contributed by atoms with van der Waals surface area (Å²) in [6.07, 6.45) is 9.92. The molecular formula is C28H45F3NO2SiZr+2. The van der Waals surface area contributed by atoms with Gasteiger partial charge < -0.3 is 10.8 Å². The zero-order valence-electron chi connectivity index (χ0n) is 22.6. The maximum absolute atomic E-state index is 10.6. The van der Waals surface area contributed by atoms with E-state index in [4.69, 9.17) is 9.90 Å². The summed E-state index contributed by atoms with van der Waals surface area (Å²) in [7, 11) is -1.20. The number of alkyl halides is 3. The largest absolute Gasteiger partial charge is 3.00 e. The van der Waals surface area contributed by atoms with Crippen LogP contribution in [0.2, 0.25) is 19.6 Å². The van der Waals surface area contributed by atoms with Crippen LogP contribution in [0.5, 0.6) is 0 Å². The van der Waals surface area contributed by atoms with Gasteiger partial charge in [-0.15, -0.1) is 8.07 Å². The molecule has 3 fully saturated rings. The average Bonchev–Trinajstić information content (AvgIpc) is 3.55. The second-order valence-electron chi connectivity index (χ2n) is 10.8. The Balaban J connectivity index is 0.000000555. The van der Waals surface area contributed by atoms with Gasteiger partial charge in [0.2, 0.25) is 0 Å². The number of benzene rings is 1. The maximum atomic E-state index is 10.6. The van der Waals surface area contributed by atoms with Crippen LogP contribution in [0.3, 0.4) is 0 Å². The number of likely N-dealkylation sites (tertiary alicyclic amines) is 1. The summed E-state index contributed by atoms with van der Waals surface area (Å²) < 4.78 is 31.7. The molecule has 1 aromatic rings. The quantitative estimate of drug-likeness (QED) is 0.279. The number of rotatable bonds is 3. The van der Waals surface area contributed by atoms with Crippen LogP contribution in [0.15, 0.2) is 35.9 Å². The minimum Gasteiger partial charge on any atom is -0.497 e. The summed E-state index contributed by atoms with van der Waals surface area (Å²) in [6.45, 7) is 12.8. The van der Waals surface area contributed by atoms with Gasteiger partial charge in [0.05, 0.1) is 0 Å². The normalized spacial score (nSPS) is 20.8. The van der Waals surface area contributed by atoms with Crippen LogP contribution in [-0.2, 0) is 37.5 Å². The molecule has 8 heteroatoms. The van der Waals surface area contributed by atoms with E-state index < -0.39 is 20.2 Å². The molecule has 0 aromatic heterocycles. The van der Waals surface area contributed by atoms with E-state index in [9.17, 15) is 13.2 Å². The number of carbonyl (C=O) groups is 1. The Kier molecular flexibility index (Phi) is 18.1. The Labute approximate surface area is 237 Å². The minimum absolute atomic E-state index is 0. The smallest absolute Gasteiger partial charge is 0.497 e. The Morgan fingerprint density at radius 3 is 1.67 bits per heavy atom. The third-order valence-corrected chi connectivity index (χ3v) is 7.12. The number of carboxylic acids is 1. The summed E-state index contributed by atoms with van der Waals surface area (Å²) in [5.74, 6) is -2.08. The third-order valence-electron chi connectivity index (χ3n) is 6.05. The van der Waals surface area contributed by atoms with Crippen molar-refractivity contribution in [1.29, 1.82) is 0 Å². The van der Waals surface area contributed by atoms with E-state index in [0.717, 1.165) is 13.1 Å². The van der Waals surface area contributed by atoms with E-state index >= 15 is 0 Å². The van der Waals surface area contributed by atoms with Gasteiger partial charge in [-0.05, 0) is 18.0 Å². The minimum atomic E-state index is -5.08. The van der Waals surface area contributed by atoms with Crippen molar-refractivity contribution in [1.82, 2.24) is 4.90 Å². The van der Waals surface area contributed by atoms with Crippen molar-refractivity contribution >= 4 is 14.0 Å². The molecule has 1 heterocycles. The van der Waals surface area contributed by atoms with Gasteiger partial charge in [0.1, 0.15) is 0 Å². The molecule has 1 saturated heterocycles. The molecule has 0 bridgehead atoms. The van der Waals surface area contributed by atoms with Crippen molar-refractivity contribution in [2.24, 2.45) is 5.92 Å². The van der Waals surface area contributed by atoms with Gasteiger partial charge in [-0.2, -0.15) is 13.2 Å². The number of hydrogen-bond donors (Lipinski definition) is 1. The molecule has 2 saturated carbocycles.